The van der Waals surface area contributed by atoms with Crippen LogP contribution in [-0.2, 0) is 0 Å². The molecule has 0 saturated heterocycles. The van der Waals surface area contributed by atoms with Crippen LogP contribution >= 0.6 is 15.9 Å². The Labute approximate surface area is 141 Å². The molecular formula is C15H17BrN6O. The summed E-state index contributed by atoms with van der Waals surface area (Å²) in [6.45, 7) is 4.93. The Kier molecular flexibility index (Phi) is 3.12. The third kappa shape index (κ3) is 2.56. The molecular weight excluding hydrogens is 360 g/mol. The van der Waals surface area contributed by atoms with Crippen molar-refractivity contribution in [3.05, 3.63) is 40.0 Å². The Balaban J connectivity index is 1.57. The highest BCUT2D eigenvalue weighted by Gasteiger charge is 2.34. The highest BCUT2D eigenvalue weighted by Crippen LogP contribution is 2.29. The fraction of sp³-hybridized carbons (Fsp3) is 0.400. The molecule has 120 valence electrons. The number of hydrogen-bond donors (Lipinski definition) is 2. The van der Waals surface area contributed by atoms with Crippen molar-refractivity contribution in [3.63, 3.8) is 0 Å². The Morgan fingerprint density at radius 3 is 3.04 bits per heavy atom. The lowest BCUT2D eigenvalue weighted by atomic mass is 10.0. The molecule has 2 N–H and O–H groups in total. The van der Waals surface area contributed by atoms with Crippen LogP contribution in [0.2, 0.25) is 0 Å². The predicted octanol–water partition coefficient (Wildman–Crippen LogP) is 1.83. The first-order valence-corrected chi connectivity index (χ1v) is 8.30. The maximum atomic E-state index is 12.7. The molecule has 0 aliphatic carbocycles. The minimum absolute atomic E-state index is 0.0377. The fourth-order valence-electron chi connectivity index (χ4n) is 3.09. The molecule has 0 spiro atoms. The van der Waals surface area contributed by atoms with Crippen LogP contribution in [0.5, 0.6) is 0 Å². The quantitative estimate of drug-likeness (QED) is 0.793. The highest BCUT2D eigenvalue weighted by atomic mass is 79.9. The first kappa shape index (κ1) is 14.5. The number of carbonyl (C=O) groups excluding carboxylic acids is 1. The number of fused-ring (bicyclic) bond motifs is 1. The van der Waals surface area contributed by atoms with Gasteiger partial charge in [0.15, 0.2) is 11.3 Å². The smallest absolute Gasteiger partial charge is 0.292 e. The monoisotopic (exact) mass is 376 g/mol. The number of carbonyl (C=O) groups is 1. The minimum Gasteiger partial charge on any atom is -0.382 e. The van der Waals surface area contributed by atoms with Gasteiger partial charge in [-0.2, -0.15) is 5.10 Å². The summed E-state index contributed by atoms with van der Waals surface area (Å²) in [6, 6.07) is 1.71. The molecule has 0 aromatic carbocycles. The second-order valence-corrected chi connectivity index (χ2v) is 7.48. The van der Waals surface area contributed by atoms with Crippen LogP contribution in [0.15, 0.2) is 34.3 Å². The lowest BCUT2D eigenvalue weighted by molar-refractivity contribution is 0.0665. The summed E-state index contributed by atoms with van der Waals surface area (Å²) in [5.74, 6) is -0.136. The molecule has 7 nitrogen and oxygen atoms in total. The summed E-state index contributed by atoms with van der Waals surface area (Å²) in [7, 11) is 0. The van der Waals surface area contributed by atoms with E-state index in [2.05, 4.69) is 50.6 Å². The first-order chi connectivity index (χ1) is 10.9. The third-order valence-corrected chi connectivity index (χ3v) is 4.48. The normalized spacial score (nSPS) is 19.5. The zero-order valence-electron chi connectivity index (χ0n) is 12.9. The molecule has 4 rings (SSSR count). The van der Waals surface area contributed by atoms with E-state index in [1.54, 1.807) is 28.0 Å². The van der Waals surface area contributed by atoms with E-state index in [1.807, 2.05) is 0 Å². The van der Waals surface area contributed by atoms with Gasteiger partial charge >= 0.3 is 0 Å². The van der Waals surface area contributed by atoms with Crippen molar-refractivity contribution in [1.29, 1.82) is 0 Å². The van der Waals surface area contributed by atoms with E-state index in [9.17, 15) is 4.79 Å². The molecule has 0 bridgehead atoms. The summed E-state index contributed by atoms with van der Waals surface area (Å²) in [6.07, 6.45) is 5.18. The molecule has 2 aromatic rings. The van der Waals surface area contributed by atoms with Crippen molar-refractivity contribution in [2.75, 3.05) is 6.54 Å². The van der Waals surface area contributed by atoms with Crippen LogP contribution in [0, 0.1) is 0 Å². The molecule has 8 heteroatoms. The van der Waals surface area contributed by atoms with Crippen LogP contribution in [-0.4, -0.2) is 37.6 Å². The number of aromatic nitrogens is 3. The van der Waals surface area contributed by atoms with Crippen molar-refractivity contribution < 1.29 is 4.79 Å². The minimum atomic E-state index is -0.136. The van der Waals surface area contributed by atoms with E-state index >= 15 is 0 Å². The van der Waals surface area contributed by atoms with Crippen molar-refractivity contribution in [2.24, 2.45) is 0 Å². The third-order valence-electron chi connectivity index (χ3n) is 4.07. The Morgan fingerprint density at radius 2 is 2.22 bits per heavy atom. The molecule has 2 aliphatic rings. The summed E-state index contributed by atoms with van der Waals surface area (Å²) in [5.41, 5.74) is 6.63. The van der Waals surface area contributed by atoms with Crippen LogP contribution in [0.1, 0.15) is 37.2 Å². The van der Waals surface area contributed by atoms with Gasteiger partial charge in [-0.05, 0) is 29.8 Å². The largest absolute Gasteiger partial charge is 0.382 e. The van der Waals surface area contributed by atoms with Crippen LogP contribution in [0.4, 0.5) is 0 Å². The SMILES string of the molecule is CC1(C)CC2=C(CCN(C(=O)c3cc4ncc(Br)cn4n3)N2)N1. The van der Waals surface area contributed by atoms with Crippen LogP contribution in [0.25, 0.3) is 5.65 Å². The van der Waals surface area contributed by atoms with Crippen LogP contribution in [0.3, 0.4) is 0 Å². The van der Waals surface area contributed by atoms with Gasteiger partial charge in [-0.1, -0.05) is 0 Å². The van der Waals surface area contributed by atoms with E-state index in [0.717, 1.165) is 23.0 Å². The molecule has 2 aromatic heterocycles. The van der Waals surface area contributed by atoms with E-state index < -0.39 is 0 Å². The number of hydrogen-bond acceptors (Lipinski definition) is 5. The van der Waals surface area contributed by atoms with Crippen molar-refractivity contribution >= 4 is 27.5 Å². The van der Waals surface area contributed by atoms with E-state index in [1.165, 1.54) is 5.70 Å². The molecule has 4 heterocycles. The van der Waals surface area contributed by atoms with Gasteiger partial charge < -0.3 is 5.32 Å². The maximum Gasteiger partial charge on any atom is 0.292 e. The zero-order chi connectivity index (χ0) is 16.2. The average molecular weight is 377 g/mol. The molecule has 0 saturated carbocycles. The van der Waals surface area contributed by atoms with E-state index in [0.29, 0.717) is 17.9 Å². The lowest BCUT2D eigenvalue weighted by Crippen LogP contribution is -2.46. The summed E-state index contributed by atoms with van der Waals surface area (Å²) >= 11 is 3.35. The van der Waals surface area contributed by atoms with Gasteiger partial charge in [0.25, 0.3) is 5.91 Å². The molecule has 0 radical (unpaired) electrons. The Hall–Kier alpha value is -2.09. The van der Waals surface area contributed by atoms with Crippen molar-refractivity contribution in [2.45, 2.75) is 32.2 Å². The molecule has 0 unspecified atom stereocenters. The van der Waals surface area contributed by atoms with Gasteiger partial charge in [0.05, 0.1) is 10.2 Å². The molecule has 0 atom stereocenters. The Morgan fingerprint density at radius 1 is 1.39 bits per heavy atom. The number of hydrazine groups is 1. The fourth-order valence-corrected chi connectivity index (χ4v) is 3.38. The summed E-state index contributed by atoms with van der Waals surface area (Å²) in [5, 5.41) is 9.47. The van der Waals surface area contributed by atoms with E-state index in [4.69, 9.17) is 0 Å². The van der Waals surface area contributed by atoms with Gasteiger partial charge in [-0.25, -0.2) is 9.50 Å². The maximum absolute atomic E-state index is 12.7. The number of halogens is 1. The van der Waals surface area contributed by atoms with Crippen LogP contribution < -0.4 is 10.7 Å². The van der Waals surface area contributed by atoms with Gasteiger partial charge in [0, 0.05) is 49.1 Å². The second-order valence-electron chi connectivity index (χ2n) is 6.57. The number of amides is 1. The summed E-state index contributed by atoms with van der Waals surface area (Å²) < 4.78 is 2.42. The summed E-state index contributed by atoms with van der Waals surface area (Å²) in [4.78, 5) is 17.0. The Bertz CT molecular complexity index is 840. The van der Waals surface area contributed by atoms with Crippen molar-refractivity contribution in [3.8, 4) is 0 Å². The number of nitrogens with zero attached hydrogens (tertiary/aromatic N) is 4. The topological polar surface area (TPSA) is 74.6 Å². The molecule has 0 fully saturated rings. The average Bonchev–Trinajstić information content (AvgIpc) is 3.03. The zero-order valence-corrected chi connectivity index (χ0v) is 14.5. The molecule has 23 heavy (non-hydrogen) atoms. The molecule has 1 amide bonds. The highest BCUT2D eigenvalue weighted by molar-refractivity contribution is 9.10. The number of rotatable bonds is 1. The lowest BCUT2D eigenvalue weighted by Gasteiger charge is -2.29. The molecule has 2 aliphatic heterocycles. The van der Waals surface area contributed by atoms with Gasteiger partial charge in [-0.3, -0.25) is 15.2 Å². The second kappa shape index (κ2) is 4.95. The van der Waals surface area contributed by atoms with Gasteiger partial charge in [0.1, 0.15) is 0 Å². The predicted molar refractivity (Wildman–Crippen MR) is 88.3 cm³/mol. The van der Waals surface area contributed by atoms with Crippen molar-refractivity contribution in [1.82, 2.24) is 30.3 Å². The van der Waals surface area contributed by atoms with E-state index in [-0.39, 0.29) is 11.4 Å². The number of nitrogens with one attached hydrogen (secondary N) is 2. The van der Waals surface area contributed by atoms with Gasteiger partial charge in [0.2, 0.25) is 0 Å². The first-order valence-electron chi connectivity index (χ1n) is 7.51. The standard InChI is InChI=1S/C15H17BrN6O/c1-15(2)6-12-10(18-15)3-4-21(20-12)14(23)11-5-13-17-7-9(16)8-22(13)19-11/h5,7-8,18,20H,3-4,6H2,1-2H3. The van der Waals surface area contributed by atoms with Gasteiger partial charge in [-0.15, -0.1) is 0 Å².